The molecular formula is C17H14O5. The fourth-order valence-electron chi connectivity index (χ4n) is 1.95. The molecule has 0 fully saturated rings. The summed E-state index contributed by atoms with van der Waals surface area (Å²) in [5.41, 5.74) is -0.166. The van der Waals surface area contributed by atoms with Crippen LogP contribution in [-0.4, -0.2) is 28.6 Å². The molecular weight excluding hydrogens is 284 g/mol. The zero-order valence-electron chi connectivity index (χ0n) is 11.7. The fourth-order valence-corrected chi connectivity index (χ4v) is 1.95. The zero-order valence-corrected chi connectivity index (χ0v) is 11.7. The first-order chi connectivity index (χ1) is 10.5. The molecule has 0 bridgehead atoms. The van der Waals surface area contributed by atoms with Crippen LogP contribution in [0.25, 0.3) is 0 Å². The molecule has 0 saturated heterocycles. The standard InChI is InChI=1S/C17H14O5/c1-2-9-22-11-7-8-12(17(20)21)14(10-11)16(19)13-5-3-4-6-15(13)18/h2-8,10,18H,1,9H2,(H,20,21). The highest BCUT2D eigenvalue weighted by molar-refractivity contribution is 6.15. The maximum atomic E-state index is 12.5. The summed E-state index contributed by atoms with van der Waals surface area (Å²) in [5, 5.41) is 19.0. The minimum atomic E-state index is -1.23. The van der Waals surface area contributed by atoms with Crippen molar-refractivity contribution in [3.8, 4) is 11.5 Å². The van der Waals surface area contributed by atoms with Crippen molar-refractivity contribution in [3.05, 3.63) is 71.8 Å². The third-order valence-corrected chi connectivity index (χ3v) is 2.98. The van der Waals surface area contributed by atoms with E-state index in [9.17, 15) is 19.8 Å². The number of carbonyl (C=O) groups is 2. The van der Waals surface area contributed by atoms with Gasteiger partial charge in [-0.1, -0.05) is 24.8 Å². The molecule has 0 heterocycles. The van der Waals surface area contributed by atoms with Gasteiger partial charge in [0.1, 0.15) is 18.1 Å². The summed E-state index contributed by atoms with van der Waals surface area (Å²) in [4.78, 5) is 23.8. The van der Waals surface area contributed by atoms with E-state index < -0.39 is 11.8 Å². The minimum Gasteiger partial charge on any atom is -0.507 e. The number of carboxylic acid groups (broad SMARTS) is 1. The molecule has 0 amide bonds. The first-order valence-electron chi connectivity index (χ1n) is 6.48. The lowest BCUT2D eigenvalue weighted by atomic mass is 9.97. The molecule has 5 nitrogen and oxygen atoms in total. The average molecular weight is 298 g/mol. The molecule has 2 aromatic carbocycles. The summed E-state index contributed by atoms with van der Waals surface area (Å²) in [6.07, 6.45) is 1.54. The molecule has 0 aliphatic rings. The Morgan fingerprint density at radius 3 is 2.45 bits per heavy atom. The van der Waals surface area contributed by atoms with E-state index in [0.717, 1.165) is 0 Å². The van der Waals surface area contributed by atoms with E-state index in [4.69, 9.17) is 4.74 Å². The molecule has 112 valence electrons. The number of phenolic OH excluding ortho intramolecular Hbond substituents is 1. The van der Waals surface area contributed by atoms with Crippen molar-refractivity contribution in [2.75, 3.05) is 6.61 Å². The van der Waals surface area contributed by atoms with Crippen LogP contribution in [0.1, 0.15) is 26.3 Å². The Morgan fingerprint density at radius 1 is 1.09 bits per heavy atom. The number of ketones is 1. The number of carboxylic acids is 1. The van der Waals surface area contributed by atoms with Crippen molar-refractivity contribution in [2.24, 2.45) is 0 Å². The van der Waals surface area contributed by atoms with Crippen molar-refractivity contribution >= 4 is 11.8 Å². The minimum absolute atomic E-state index is 0.0332. The molecule has 2 N–H and O–H groups in total. The number of phenols is 1. The van der Waals surface area contributed by atoms with E-state index in [1.165, 1.54) is 36.4 Å². The molecule has 0 radical (unpaired) electrons. The van der Waals surface area contributed by atoms with Crippen LogP contribution in [0.4, 0.5) is 0 Å². The Morgan fingerprint density at radius 2 is 1.82 bits per heavy atom. The second-order valence-electron chi connectivity index (χ2n) is 4.46. The average Bonchev–Trinajstić information content (AvgIpc) is 2.52. The highest BCUT2D eigenvalue weighted by atomic mass is 16.5. The number of carbonyl (C=O) groups excluding carboxylic acids is 1. The third kappa shape index (κ3) is 3.15. The molecule has 0 aromatic heterocycles. The van der Waals surface area contributed by atoms with Crippen molar-refractivity contribution < 1.29 is 24.5 Å². The van der Waals surface area contributed by atoms with Gasteiger partial charge < -0.3 is 14.9 Å². The van der Waals surface area contributed by atoms with Gasteiger partial charge in [0.15, 0.2) is 5.78 Å². The Balaban J connectivity index is 2.51. The van der Waals surface area contributed by atoms with E-state index in [0.29, 0.717) is 5.75 Å². The monoisotopic (exact) mass is 298 g/mol. The second kappa shape index (κ2) is 6.58. The molecule has 2 rings (SSSR count). The van der Waals surface area contributed by atoms with Gasteiger partial charge in [0, 0.05) is 5.56 Å². The number of para-hydroxylation sites is 1. The van der Waals surface area contributed by atoms with E-state index in [1.807, 2.05) is 0 Å². The van der Waals surface area contributed by atoms with Gasteiger partial charge in [-0.2, -0.15) is 0 Å². The van der Waals surface area contributed by atoms with Crippen LogP contribution in [-0.2, 0) is 0 Å². The highest BCUT2D eigenvalue weighted by Crippen LogP contribution is 2.25. The third-order valence-electron chi connectivity index (χ3n) is 2.98. The maximum Gasteiger partial charge on any atom is 0.336 e. The normalized spacial score (nSPS) is 10.0. The molecule has 0 atom stereocenters. The number of benzene rings is 2. The van der Waals surface area contributed by atoms with Crippen LogP contribution in [0.5, 0.6) is 11.5 Å². The first-order valence-corrected chi connectivity index (χ1v) is 6.48. The van der Waals surface area contributed by atoms with Gasteiger partial charge in [0.05, 0.1) is 11.1 Å². The SMILES string of the molecule is C=CCOc1ccc(C(=O)O)c(C(=O)c2ccccc2O)c1. The molecule has 0 unspecified atom stereocenters. The number of hydrogen-bond acceptors (Lipinski definition) is 4. The van der Waals surface area contributed by atoms with E-state index in [-0.39, 0.29) is 29.0 Å². The summed E-state index contributed by atoms with van der Waals surface area (Å²) in [7, 11) is 0. The van der Waals surface area contributed by atoms with Gasteiger partial charge in [0.25, 0.3) is 0 Å². The lowest BCUT2D eigenvalue weighted by Crippen LogP contribution is -2.10. The predicted octanol–water partition coefficient (Wildman–Crippen LogP) is 2.89. The van der Waals surface area contributed by atoms with Crippen LogP contribution in [0.3, 0.4) is 0 Å². The molecule has 5 heteroatoms. The molecule has 22 heavy (non-hydrogen) atoms. The van der Waals surface area contributed by atoms with Gasteiger partial charge in [-0.15, -0.1) is 0 Å². The van der Waals surface area contributed by atoms with Gasteiger partial charge >= 0.3 is 5.97 Å². The quantitative estimate of drug-likeness (QED) is 0.633. The lowest BCUT2D eigenvalue weighted by Gasteiger charge is -2.10. The summed E-state index contributed by atoms with van der Waals surface area (Å²) in [5.74, 6) is -1.67. The van der Waals surface area contributed by atoms with Gasteiger partial charge in [0.2, 0.25) is 0 Å². The topological polar surface area (TPSA) is 83.8 Å². The van der Waals surface area contributed by atoms with Crippen LogP contribution in [0.2, 0.25) is 0 Å². The van der Waals surface area contributed by atoms with Crippen LogP contribution in [0.15, 0.2) is 55.1 Å². The number of hydrogen-bond donors (Lipinski definition) is 2. The predicted molar refractivity (Wildman–Crippen MR) is 80.6 cm³/mol. The number of aromatic carboxylic acids is 1. The Bertz CT molecular complexity index is 734. The molecule has 0 spiro atoms. The zero-order chi connectivity index (χ0) is 16.1. The number of rotatable bonds is 6. The highest BCUT2D eigenvalue weighted by Gasteiger charge is 2.21. The van der Waals surface area contributed by atoms with Gasteiger partial charge in [-0.05, 0) is 30.3 Å². The maximum absolute atomic E-state index is 12.5. The van der Waals surface area contributed by atoms with Crippen LogP contribution in [0, 0.1) is 0 Å². The Hall–Kier alpha value is -3.08. The fraction of sp³-hybridized carbons (Fsp3) is 0.0588. The summed E-state index contributed by atoms with van der Waals surface area (Å²) < 4.78 is 5.32. The summed E-state index contributed by atoms with van der Waals surface area (Å²) in [6, 6.07) is 10.1. The largest absolute Gasteiger partial charge is 0.507 e. The van der Waals surface area contributed by atoms with Crippen molar-refractivity contribution in [1.29, 1.82) is 0 Å². The van der Waals surface area contributed by atoms with Crippen molar-refractivity contribution in [1.82, 2.24) is 0 Å². The van der Waals surface area contributed by atoms with Crippen molar-refractivity contribution in [2.45, 2.75) is 0 Å². The first kappa shape index (κ1) is 15.3. The van der Waals surface area contributed by atoms with E-state index in [2.05, 4.69) is 6.58 Å². The molecule has 0 aliphatic carbocycles. The number of aromatic hydroxyl groups is 1. The van der Waals surface area contributed by atoms with Gasteiger partial charge in [-0.3, -0.25) is 4.79 Å². The van der Waals surface area contributed by atoms with Gasteiger partial charge in [-0.25, -0.2) is 4.79 Å². The summed E-state index contributed by atoms with van der Waals surface area (Å²) in [6.45, 7) is 3.75. The van der Waals surface area contributed by atoms with E-state index >= 15 is 0 Å². The van der Waals surface area contributed by atoms with Crippen molar-refractivity contribution in [3.63, 3.8) is 0 Å². The molecule has 0 aliphatic heterocycles. The molecule has 0 saturated carbocycles. The number of ether oxygens (including phenoxy) is 1. The van der Waals surface area contributed by atoms with E-state index in [1.54, 1.807) is 12.1 Å². The van der Waals surface area contributed by atoms with Crippen LogP contribution >= 0.6 is 0 Å². The Kier molecular flexibility index (Phi) is 4.58. The summed E-state index contributed by atoms with van der Waals surface area (Å²) >= 11 is 0. The smallest absolute Gasteiger partial charge is 0.336 e. The second-order valence-corrected chi connectivity index (χ2v) is 4.46. The molecule has 2 aromatic rings. The van der Waals surface area contributed by atoms with Crippen LogP contribution < -0.4 is 4.74 Å². The Labute approximate surface area is 127 Å². The lowest BCUT2D eigenvalue weighted by molar-refractivity contribution is 0.0692.